The second kappa shape index (κ2) is 12.0. The molecule has 0 spiro atoms. The summed E-state index contributed by atoms with van der Waals surface area (Å²) in [7, 11) is 1.47. The zero-order chi connectivity index (χ0) is 26.5. The third-order valence-corrected chi connectivity index (χ3v) is 7.04. The Kier molecular flexibility index (Phi) is 8.72. The van der Waals surface area contributed by atoms with Crippen LogP contribution in [0.5, 0.6) is 11.5 Å². The molecule has 3 aromatic carbocycles. The van der Waals surface area contributed by atoms with E-state index in [-0.39, 0.29) is 22.2 Å². The standard InChI is InChI=1S/C26H19ClFIN2O5S/c1-35-21-10-16(9-20(27)24(21)36-14-15-5-7-18(29)8-6-15)11-22-25(33)31(26(34)37-22)13-23(32)30-19-4-2-3-17(28)12-19/h2-12H,13-14H2,1H3,(H,30,32)/b22-11+. The minimum atomic E-state index is -0.631. The molecule has 1 saturated heterocycles. The van der Waals surface area contributed by atoms with Gasteiger partial charge in [0.25, 0.3) is 11.1 Å². The second-order valence-corrected chi connectivity index (χ2v) is 10.4. The molecule has 1 fully saturated rings. The SMILES string of the molecule is COc1cc(/C=C2/SC(=O)N(CC(=O)Nc3cccc(F)c3)C2=O)cc(Cl)c1OCc1ccc(I)cc1. The lowest BCUT2D eigenvalue weighted by Crippen LogP contribution is -2.36. The average molecular weight is 653 g/mol. The predicted octanol–water partition coefficient (Wildman–Crippen LogP) is 6.35. The van der Waals surface area contributed by atoms with Crippen molar-refractivity contribution >= 4 is 74.8 Å². The van der Waals surface area contributed by atoms with E-state index < -0.39 is 29.4 Å². The Morgan fingerprint density at radius 3 is 2.62 bits per heavy atom. The van der Waals surface area contributed by atoms with E-state index in [2.05, 4.69) is 27.9 Å². The predicted molar refractivity (Wildman–Crippen MR) is 149 cm³/mol. The molecule has 0 unspecified atom stereocenters. The quantitative estimate of drug-likeness (QED) is 0.226. The van der Waals surface area contributed by atoms with E-state index in [1.807, 2.05) is 24.3 Å². The number of rotatable bonds is 8. The van der Waals surface area contributed by atoms with Gasteiger partial charge in [-0.3, -0.25) is 19.3 Å². The van der Waals surface area contributed by atoms with E-state index in [1.54, 1.807) is 12.1 Å². The third kappa shape index (κ3) is 6.82. The van der Waals surface area contributed by atoms with Crippen LogP contribution in [0.4, 0.5) is 14.9 Å². The fourth-order valence-electron chi connectivity index (χ4n) is 3.40. The van der Waals surface area contributed by atoms with E-state index in [9.17, 15) is 18.8 Å². The lowest BCUT2D eigenvalue weighted by Gasteiger charge is -2.14. The lowest BCUT2D eigenvalue weighted by molar-refractivity contribution is -0.127. The number of thioether (sulfide) groups is 1. The summed E-state index contributed by atoms with van der Waals surface area (Å²) < 4.78 is 25.8. The molecule has 11 heteroatoms. The monoisotopic (exact) mass is 652 g/mol. The first-order valence-electron chi connectivity index (χ1n) is 10.8. The number of hydrogen-bond donors (Lipinski definition) is 1. The molecule has 3 aromatic rings. The van der Waals surface area contributed by atoms with Crippen LogP contribution in [0.3, 0.4) is 0 Å². The summed E-state index contributed by atoms with van der Waals surface area (Å²) in [5.41, 5.74) is 1.69. The van der Waals surface area contributed by atoms with E-state index in [4.69, 9.17) is 21.1 Å². The number of halogens is 3. The van der Waals surface area contributed by atoms with Crippen LogP contribution in [0.15, 0.2) is 65.6 Å². The molecule has 1 aliphatic rings. The van der Waals surface area contributed by atoms with E-state index >= 15 is 0 Å². The molecule has 0 aliphatic carbocycles. The van der Waals surface area contributed by atoms with Crippen molar-refractivity contribution in [2.24, 2.45) is 0 Å². The number of nitrogens with zero attached hydrogens (tertiary/aromatic N) is 1. The van der Waals surface area contributed by atoms with Crippen LogP contribution in [-0.2, 0) is 16.2 Å². The van der Waals surface area contributed by atoms with Crippen LogP contribution in [0.1, 0.15) is 11.1 Å². The van der Waals surface area contributed by atoms with Crippen LogP contribution in [0, 0.1) is 9.39 Å². The Hall–Kier alpha value is -3.09. The summed E-state index contributed by atoms with van der Waals surface area (Å²) in [5, 5.41) is 2.14. The normalized spacial score (nSPS) is 14.3. The Morgan fingerprint density at radius 1 is 1.16 bits per heavy atom. The summed E-state index contributed by atoms with van der Waals surface area (Å²) in [6.07, 6.45) is 1.49. The molecule has 1 heterocycles. The number of ether oxygens (including phenoxy) is 2. The van der Waals surface area contributed by atoms with Crippen LogP contribution < -0.4 is 14.8 Å². The van der Waals surface area contributed by atoms with Crippen molar-refractivity contribution in [3.63, 3.8) is 0 Å². The smallest absolute Gasteiger partial charge is 0.294 e. The fourth-order valence-corrected chi connectivity index (χ4v) is 4.87. The van der Waals surface area contributed by atoms with Crippen molar-refractivity contribution in [2.75, 3.05) is 19.0 Å². The molecule has 190 valence electrons. The molecule has 3 amide bonds. The van der Waals surface area contributed by atoms with E-state index in [0.29, 0.717) is 28.8 Å². The highest BCUT2D eigenvalue weighted by atomic mass is 127. The Morgan fingerprint density at radius 2 is 1.92 bits per heavy atom. The van der Waals surface area contributed by atoms with E-state index in [0.717, 1.165) is 20.1 Å². The second-order valence-electron chi connectivity index (χ2n) is 7.78. The van der Waals surface area contributed by atoms with Gasteiger partial charge in [0.2, 0.25) is 5.91 Å². The summed E-state index contributed by atoms with van der Waals surface area (Å²) in [4.78, 5) is 38.5. The molecule has 4 rings (SSSR count). The van der Waals surface area contributed by atoms with Gasteiger partial charge in [-0.05, 0) is 94.0 Å². The largest absolute Gasteiger partial charge is 0.493 e. The molecule has 0 saturated carbocycles. The highest BCUT2D eigenvalue weighted by Crippen LogP contribution is 2.39. The molecule has 1 N–H and O–H groups in total. The fraction of sp³-hybridized carbons (Fsp3) is 0.115. The number of carbonyl (C=O) groups excluding carboxylic acids is 3. The first-order valence-corrected chi connectivity index (χ1v) is 13.1. The highest BCUT2D eigenvalue weighted by Gasteiger charge is 2.36. The Bertz CT molecular complexity index is 1400. The van der Waals surface area contributed by atoms with Crippen molar-refractivity contribution < 1.29 is 28.2 Å². The Labute approximate surface area is 235 Å². The summed E-state index contributed by atoms with van der Waals surface area (Å²) in [6.45, 7) is -0.225. The summed E-state index contributed by atoms with van der Waals surface area (Å²) >= 11 is 9.38. The van der Waals surface area contributed by atoms with Crippen LogP contribution >= 0.6 is 46.0 Å². The Balaban J connectivity index is 1.46. The topological polar surface area (TPSA) is 84.9 Å². The number of methoxy groups -OCH3 is 1. The number of imide groups is 1. The van der Waals surface area contributed by atoms with E-state index in [1.165, 1.54) is 31.4 Å². The zero-order valence-corrected chi connectivity index (χ0v) is 23.0. The first kappa shape index (κ1) is 27.0. The number of amides is 3. The number of benzene rings is 3. The summed E-state index contributed by atoms with van der Waals surface area (Å²) in [6, 6.07) is 16.4. The van der Waals surface area contributed by atoms with Crippen LogP contribution in [0.2, 0.25) is 5.02 Å². The molecular weight excluding hydrogens is 634 g/mol. The van der Waals surface area contributed by atoms with Crippen LogP contribution in [-0.4, -0.2) is 35.6 Å². The number of nitrogens with one attached hydrogen (secondary N) is 1. The summed E-state index contributed by atoms with van der Waals surface area (Å²) in [5.74, 6) is -1.07. The van der Waals surface area contributed by atoms with Crippen LogP contribution in [0.25, 0.3) is 6.08 Å². The third-order valence-electron chi connectivity index (χ3n) is 5.13. The van der Waals surface area contributed by atoms with Gasteiger partial charge in [-0.1, -0.05) is 29.8 Å². The molecule has 1 aliphatic heterocycles. The molecule has 0 aromatic heterocycles. The van der Waals surface area contributed by atoms with Gasteiger partial charge in [0.15, 0.2) is 11.5 Å². The number of carbonyl (C=O) groups is 3. The van der Waals surface area contributed by atoms with Gasteiger partial charge >= 0.3 is 0 Å². The average Bonchev–Trinajstić information content (AvgIpc) is 3.11. The minimum Gasteiger partial charge on any atom is -0.493 e. The molecule has 37 heavy (non-hydrogen) atoms. The maximum absolute atomic E-state index is 13.3. The van der Waals surface area contributed by atoms with Crippen molar-refractivity contribution in [1.82, 2.24) is 4.90 Å². The van der Waals surface area contributed by atoms with Crippen molar-refractivity contribution in [3.8, 4) is 11.5 Å². The van der Waals surface area contributed by atoms with Gasteiger partial charge in [0.1, 0.15) is 19.0 Å². The van der Waals surface area contributed by atoms with Gasteiger partial charge in [0.05, 0.1) is 17.0 Å². The van der Waals surface area contributed by atoms with Gasteiger partial charge in [-0.2, -0.15) is 0 Å². The van der Waals surface area contributed by atoms with Crippen molar-refractivity contribution in [2.45, 2.75) is 6.61 Å². The van der Waals surface area contributed by atoms with Crippen molar-refractivity contribution in [3.05, 3.63) is 91.1 Å². The molecule has 0 bridgehead atoms. The maximum atomic E-state index is 13.3. The zero-order valence-electron chi connectivity index (χ0n) is 19.3. The minimum absolute atomic E-state index is 0.120. The molecule has 0 radical (unpaired) electrons. The number of hydrogen-bond acceptors (Lipinski definition) is 6. The highest BCUT2D eigenvalue weighted by molar-refractivity contribution is 14.1. The first-order chi connectivity index (χ1) is 17.7. The van der Waals surface area contributed by atoms with Crippen molar-refractivity contribution in [1.29, 1.82) is 0 Å². The lowest BCUT2D eigenvalue weighted by atomic mass is 10.1. The van der Waals surface area contributed by atoms with Gasteiger partial charge in [-0.25, -0.2) is 4.39 Å². The number of anilines is 1. The van der Waals surface area contributed by atoms with Gasteiger partial charge in [0, 0.05) is 9.26 Å². The molecular formula is C26H19ClFIN2O5S. The maximum Gasteiger partial charge on any atom is 0.294 e. The molecule has 0 atom stereocenters. The van der Waals surface area contributed by atoms with Gasteiger partial charge < -0.3 is 14.8 Å². The van der Waals surface area contributed by atoms with Gasteiger partial charge in [-0.15, -0.1) is 0 Å². The molecule has 7 nitrogen and oxygen atoms in total.